The Bertz CT molecular complexity index is 424. The Morgan fingerprint density at radius 3 is 3.06 bits per heavy atom. The second-order valence-corrected chi connectivity index (χ2v) is 5.32. The first-order valence-corrected chi connectivity index (χ1v) is 6.56. The molecule has 2 heterocycles. The maximum absolute atomic E-state index is 12.3. The second-order valence-electron chi connectivity index (χ2n) is 4.47. The van der Waals surface area contributed by atoms with Crippen molar-refractivity contribution in [2.24, 2.45) is 5.73 Å². The molecule has 1 aromatic rings. The number of aromatic nitrogens is 1. The predicted molar refractivity (Wildman–Crippen MR) is 69.6 cm³/mol. The number of nitrogens with zero attached hydrogens (tertiary/aromatic N) is 2. The van der Waals surface area contributed by atoms with Crippen LogP contribution in [0.3, 0.4) is 0 Å². The summed E-state index contributed by atoms with van der Waals surface area (Å²) in [5.74, 6) is -0.0168. The van der Waals surface area contributed by atoms with Gasteiger partial charge in [0, 0.05) is 29.3 Å². The number of likely N-dealkylation sites (tertiary alicyclic amines) is 1. The lowest BCUT2D eigenvalue weighted by Gasteiger charge is -2.36. The summed E-state index contributed by atoms with van der Waals surface area (Å²) in [5, 5.41) is 0. The van der Waals surface area contributed by atoms with Gasteiger partial charge in [0.15, 0.2) is 0 Å². The quantitative estimate of drug-likeness (QED) is 0.860. The normalized spacial score (nSPS) is 24.8. The van der Waals surface area contributed by atoms with Crippen LogP contribution >= 0.6 is 15.9 Å². The molecule has 1 saturated heterocycles. The molecule has 0 aromatic carbocycles. The minimum absolute atomic E-state index is 0.0168. The summed E-state index contributed by atoms with van der Waals surface area (Å²) in [6.45, 7) is 2.75. The van der Waals surface area contributed by atoms with Crippen LogP contribution in [0.4, 0.5) is 0 Å². The highest BCUT2D eigenvalue weighted by Crippen LogP contribution is 2.21. The van der Waals surface area contributed by atoms with Crippen LogP contribution in [0.5, 0.6) is 0 Å². The van der Waals surface area contributed by atoms with E-state index in [-0.39, 0.29) is 18.0 Å². The summed E-state index contributed by atoms with van der Waals surface area (Å²) in [6.07, 6.45) is 3.36. The zero-order valence-corrected chi connectivity index (χ0v) is 11.4. The van der Waals surface area contributed by atoms with E-state index in [0.717, 1.165) is 17.3 Å². The average Bonchev–Trinajstić information content (AvgIpc) is 2.29. The fourth-order valence-corrected chi connectivity index (χ4v) is 2.61. The van der Waals surface area contributed by atoms with Crippen molar-refractivity contribution in [3.05, 3.63) is 28.5 Å². The molecular formula is C12H16BrN3O. The van der Waals surface area contributed by atoms with E-state index in [0.29, 0.717) is 12.2 Å². The summed E-state index contributed by atoms with van der Waals surface area (Å²) >= 11 is 3.36. The van der Waals surface area contributed by atoms with E-state index in [1.54, 1.807) is 12.3 Å². The van der Waals surface area contributed by atoms with Crippen LogP contribution in [0.25, 0.3) is 0 Å². The highest BCUT2D eigenvalue weighted by molar-refractivity contribution is 9.10. The van der Waals surface area contributed by atoms with Gasteiger partial charge in [-0.1, -0.05) is 0 Å². The van der Waals surface area contributed by atoms with Crippen molar-refractivity contribution in [2.45, 2.75) is 31.8 Å². The van der Waals surface area contributed by atoms with Gasteiger partial charge in [-0.05, 0) is 47.8 Å². The highest BCUT2D eigenvalue weighted by Gasteiger charge is 2.29. The molecule has 0 spiro atoms. The van der Waals surface area contributed by atoms with Crippen LogP contribution < -0.4 is 5.73 Å². The Labute approximate surface area is 109 Å². The molecule has 0 aliphatic carbocycles. The second kappa shape index (κ2) is 5.14. The van der Waals surface area contributed by atoms with E-state index >= 15 is 0 Å². The van der Waals surface area contributed by atoms with Crippen LogP contribution in [0.2, 0.25) is 0 Å². The van der Waals surface area contributed by atoms with Gasteiger partial charge in [0.05, 0.1) is 0 Å². The summed E-state index contributed by atoms with van der Waals surface area (Å²) < 4.78 is 0.743. The van der Waals surface area contributed by atoms with Crippen molar-refractivity contribution in [2.75, 3.05) is 6.54 Å². The zero-order valence-electron chi connectivity index (χ0n) is 9.77. The Morgan fingerprint density at radius 2 is 2.41 bits per heavy atom. The van der Waals surface area contributed by atoms with Gasteiger partial charge in [0.2, 0.25) is 0 Å². The molecule has 17 heavy (non-hydrogen) atoms. The van der Waals surface area contributed by atoms with Crippen LogP contribution in [0.15, 0.2) is 22.8 Å². The summed E-state index contributed by atoms with van der Waals surface area (Å²) in [4.78, 5) is 18.3. The number of hydrogen-bond donors (Lipinski definition) is 1. The third kappa shape index (κ3) is 2.66. The van der Waals surface area contributed by atoms with Crippen molar-refractivity contribution >= 4 is 21.8 Å². The van der Waals surface area contributed by atoms with E-state index in [4.69, 9.17) is 5.73 Å². The smallest absolute Gasteiger partial charge is 0.273 e. The number of hydrogen-bond acceptors (Lipinski definition) is 3. The third-order valence-corrected chi connectivity index (χ3v) is 3.78. The van der Waals surface area contributed by atoms with Crippen LogP contribution in [0, 0.1) is 0 Å². The molecule has 0 saturated carbocycles. The molecule has 5 heteroatoms. The molecule has 1 aliphatic heterocycles. The van der Waals surface area contributed by atoms with Crippen LogP contribution in [-0.2, 0) is 0 Å². The van der Waals surface area contributed by atoms with Gasteiger partial charge in [0.25, 0.3) is 5.91 Å². The number of nitrogens with two attached hydrogens (primary N) is 1. The number of pyridine rings is 1. The number of amides is 1. The van der Waals surface area contributed by atoms with E-state index in [2.05, 4.69) is 20.9 Å². The molecule has 0 radical (unpaired) electrons. The topological polar surface area (TPSA) is 59.2 Å². The Balaban J connectivity index is 2.18. The predicted octanol–water partition coefficient (Wildman–Crippen LogP) is 1.80. The largest absolute Gasteiger partial charge is 0.334 e. The molecule has 1 aromatic heterocycles. The minimum atomic E-state index is -0.0168. The number of piperidine rings is 1. The Morgan fingerprint density at radius 1 is 1.65 bits per heavy atom. The van der Waals surface area contributed by atoms with Crippen molar-refractivity contribution < 1.29 is 4.79 Å². The van der Waals surface area contributed by atoms with Crippen molar-refractivity contribution in [3.8, 4) is 0 Å². The number of halogens is 1. The Hall–Kier alpha value is -0.940. The van der Waals surface area contributed by atoms with Crippen molar-refractivity contribution in [3.63, 3.8) is 0 Å². The van der Waals surface area contributed by atoms with Crippen molar-refractivity contribution in [1.82, 2.24) is 9.88 Å². The maximum Gasteiger partial charge on any atom is 0.273 e. The molecule has 2 N–H and O–H groups in total. The summed E-state index contributed by atoms with van der Waals surface area (Å²) in [6, 6.07) is 4.03. The molecule has 2 atom stereocenters. The van der Waals surface area contributed by atoms with E-state index < -0.39 is 0 Å². The minimum Gasteiger partial charge on any atom is -0.334 e. The van der Waals surface area contributed by atoms with Gasteiger partial charge < -0.3 is 10.6 Å². The lowest BCUT2D eigenvalue weighted by molar-refractivity contribution is 0.0612. The number of carbonyl (C=O) groups excluding carboxylic acids is 1. The zero-order chi connectivity index (χ0) is 12.4. The molecule has 0 bridgehead atoms. The van der Waals surface area contributed by atoms with Gasteiger partial charge >= 0.3 is 0 Å². The summed E-state index contributed by atoms with van der Waals surface area (Å²) in [5.41, 5.74) is 6.37. The van der Waals surface area contributed by atoms with Crippen LogP contribution in [0.1, 0.15) is 30.3 Å². The lowest BCUT2D eigenvalue weighted by Crippen LogP contribution is -2.48. The van der Waals surface area contributed by atoms with Gasteiger partial charge in [0.1, 0.15) is 5.69 Å². The lowest BCUT2D eigenvalue weighted by atomic mass is 9.99. The molecule has 2 rings (SSSR count). The average molecular weight is 298 g/mol. The van der Waals surface area contributed by atoms with Gasteiger partial charge in [-0.2, -0.15) is 0 Å². The first-order valence-electron chi connectivity index (χ1n) is 5.76. The van der Waals surface area contributed by atoms with Gasteiger partial charge in [-0.25, -0.2) is 4.98 Å². The van der Waals surface area contributed by atoms with Crippen molar-refractivity contribution in [1.29, 1.82) is 0 Å². The number of carbonyl (C=O) groups is 1. The van der Waals surface area contributed by atoms with Gasteiger partial charge in [-0.15, -0.1) is 0 Å². The molecule has 1 amide bonds. The first kappa shape index (κ1) is 12.5. The molecule has 92 valence electrons. The maximum atomic E-state index is 12.3. The fourth-order valence-electron chi connectivity index (χ4n) is 2.19. The highest BCUT2D eigenvalue weighted by atomic mass is 79.9. The Kier molecular flexibility index (Phi) is 3.79. The van der Waals surface area contributed by atoms with E-state index in [1.165, 1.54) is 0 Å². The summed E-state index contributed by atoms with van der Waals surface area (Å²) in [7, 11) is 0. The SMILES string of the molecule is CC1CC(N)CCN1C(=O)c1ncccc1Br. The molecule has 1 fully saturated rings. The fraction of sp³-hybridized carbons (Fsp3) is 0.500. The molecule has 2 unspecified atom stereocenters. The first-order chi connectivity index (χ1) is 8.09. The van der Waals surface area contributed by atoms with Gasteiger partial charge in [-0.3, -0.25) is 4.79 Å². The van der Waals surface area contributed by atoms with E-state index in [9.17, 15) is 4.79 Å². The van der Waals surface area contributed by atoms with E-state index in [1.807, 2.05) is 17.9 Å². The number of rotatable bonds is 1. The monoisotopic (exact) mass is 297 g/mol. The molecular weight excluding hydrogens is 282 g/mol. The van der Waals surface area contributed by atoms with Crippen LogP contribution in [-0.4, -0.2) is 34.4 Å². The molecule has 4 nitrogen and oxygen atoms in total. The third-order valence-electron chi connectivity index (χ3n) is 3.14. The standard InChI is InChI=1S/C12H16BrN3O/c1-8-7-9(14)4-6-16(8)12(17)11-10(13)3-2-5-15-11/h2-3,5,8-9H,4,6-7,14H2,1H3. The molecule has 1 aliphatic rings.